The number of aromatic nitrogens is 4. The highest BCUT2D eigenvalue weighted by Crippen LogP contribution is 2.18. The maximum Gasteiger partial charge on any atom is 0.410 e. The number of hydrogen-bond donors (Lipinski definition) is 1. The van der Waals surface area contributed by atoms with Crippen LogP contribution in [0.1, 0.15) is 59.6 Å². The first-order valence-corrected chi connectivity index (χ1v) is 9.57. The minimum Gasteiger partial charge on any atom is -0.444 e. The first kappa shape index (κ1) is 22.7. The molecule has 0 radical (unpaired) electrons. The van der Waals surface area contributed by atoms with Gasteiger partial charge in [0.1, 0.15) is 17.7 Å². The summed E-state index contributed by atoms with van der Waals surface area (Å²) >= 11 is 0. The number of anilines is 1. The number of carbonyl (C=O) groups is 1. The van der Waals surface area contributed by atoms with Crippen LogP contribution in [0.4, 0.5) is 10.6 Å². The monoisotopic (exact) mass is 378 g/mol. The molecule has 2 aromatic heterocycles. The molecule has 0 unspecified atom stereocenters. The van der Waals surface area contributed by atoms with Crippen molar-refractivity contribution in [3.63, 3.8) is 0 Å². The Morgan fingerprint density at radius 3 is 2.26 bits per heavy atom. The lowest BCUT2D eigenvalue weighted by Gasteiger charge is -2.29. The van der Waals surface area contributed by atoms with Crippen LogP contribution in [0.15, 0.2) is 6.33 Å². The van der Waals surface area contributed by atoms with Gasteiger partial charge in [0.25, 0.3) is 0 Å². The Balaban J connectivity index is 0.000000248. The topological polar surface area (TPSA) is 99.2 Å². The van der Waals surface area contributed by atoms with E-state index in [2.05, 4.69) is 15.1 Å². The van der Waals surface area contributed by atoms with Gasteiger partial charge in [0, 0.05) is 20.1 Å². The summed E-state index contributed by atoms with van der Waals surface area (Å²) in [6.07, 6.45) is 4.74. The van der Waals surface area contributed by atoms with Gasteiger partial charge in [0.05, 0.1) is 11.1 Å². The Morgan fingerprint density at radius 2 is 1.74 bits per heavy atom. The molecule has 0 atom stereocenters. The van der Waals surface area contributed by atoms with Crippen LogP contribution in [0.3, 0.4) is 0 Å². The molecule has 1 aliphatic heterocycles. The van der Waals surface area contributed by atoms with E-state index in [-0.39, 0.29) is 11.7 Å². The Kier molecular flexibility index (Phi) is 8.46. The predicted octanol–water partition coefficient (Wildman–Crippen LogP) is 3.69. The number of hydrogen-bond acceptors (Lipinski definition) is 6. The summed E-state index contributed by atoms with van der Waals surface area (Å²) in [5.74, 6) is 0.491. The third kappa shape index (κ3) is 6.69. The van der Waals surface area contributed by atoms with E-state index in [4.69, 9.17) is 10.5 Å². The maximum absolute atomic E-state index is 11.5. The number of nitrogens with zero attached hydrogens (tertiary/aromatic N) is 5. The van der Waals surface area contributed by atoms with Crippen LogP contribution in [0.25, 0.3) is 11.0 Å². The minimum absolute atomic E-state index is 0.160. The second-order valence-corrected chi connectivity index (χ2v) is 7.19. The van der Waals surface area contributed by atoms with E-state index >= 15 is 0 Å². The van der Waals surface area contributed by atoms with Crippen LogP contribution in [0.2, 0.25) is 0 Å². The van der Waals surface area contributed by atoms with E-state index in [1.54, 1.807) is 9.58 Å². The van der Waals surface area contributed by atoms with Crippen molar-refractivity contribution in [2.24, 2.45) is 7.05 Å². The van der Waals surface area contributed by atoms with Gasteiger partial charge >= 0.3 is 6.09 Å². The normalized spacial score (nSPS) is 14.0. The summed E-state index contributed by atoms with van der Waals surface area (Å²) in [6, 6.07) is 0. The average molecular weight is 379 g/mol. The standard InChI is InChI=1S/C10H19NO2.C7H9N5.C2H6/c1-10(2,3)13-9(12)11-7-5-4-6-8-11;1-4-5-6(8)9-3-10-7(5)12(2)11-4;1-2/h4-8H2,1-3H3;3H,1-2H3,(H2,8,9,10);1-2H3. The van der Waals surface area contributed by atoms with Crippen molar-refractivity contribution in [1.82, 2.24) is 24.6 Å². The summed E-state index contributed by atoms with van der Waals surface area (Å²) in [6.45, 7) is 13.3. The van der Waals surface area contributed by atoms with Crippen molar-refractivity contribution >= 4 is 22.9 Å². The van der Waals surface area contributed by atoms with Gasteiger partial charge in [-0.3, -0.25) is 4.68 Å². The number of rotatable bonds is 0. The zero-order valence-electron chi connectivity index (χ0n) is 17.7. The number of amides is 1. The molecule has 1 saturated heterocycles. The van der Waals surface area contributed by atoms with E-state index in [9.17, 15) is 4.79 Å². The van der Waals surface area contributed by atoms with Crippen LogP contribution >= 0.6 is 0 Å². The molecular weight excluding hydrogens is 344 g/mol. The van der Waals surface area contributed by atoms with Gasteiger partial charge < -0.3 is 15.4 Å². The number of likely N-dealkylation sites (tertiary alicyclic amines) is 1. The number of aryl methyl sites for hydroxylation is 2. The van der Waals surface area contributed by atoms with Gasteiger partial charge in [-0.25, -0.2) is 14.8 Å². The predicted molar refractivity (Wildman–Crippen MR) is 108 cm³/mol. The molecule has 0 bridgehead atoms. The van der Waals surface area contributed by atoms with Crippen molar-refractivity contribution in [3.8, 4) is 0 Å². The number of piperidine rings is 1. The van der Waals surface area contributed by atoms with E-state index in [0.29, 0.717) is 5.82 Å². The molecule has 0 aliphatic carbocycles. The second kappa shape index (κ2) is 10.1. The fraction of sp³-hybridized carbons (Fsp3) is 0.684. The van der Waals surface area contributed by atoms with E-state index in [1.165, 1.54) is 12.7 Å². The molecule has 27 heavy (non-hydrogen) atoms. The minimum atomic E-state index is -0.367. The summed E-state index contributed by atoms with van der Waals surface area (Å²) in [5, 5.41) is 5.03. The van der Waals surface area contributed by atoms with Gasteiger partial charge in [-0.15, -0.1) is 0 Å². The van der Waals surface area contributed by atoms with Gasteiger partial charge in [-0.2, -0.15) is 5.10 Å². The first-order valence-electron chi connectivity index (χ1n) is 9.57. The number of nitrogens with two attached hydrogens (primary N) is 1. The van der Waals surface area contributed by atoms with Crippen LogP contribution in [0, 0.1) is 6.92 Å². The van der Waals surface area contributed by atoms with Gasteiger partial charge in [0.15, 0.2) is 5.65 Å². The fourth-order valence-electron chi connectivity index (χ4n) is 2.71. The Bertz CT molecular complexity index is 730. The Hall–Kier alpha value is -2.38. The lowest BCUT2D eigenvalue weighted by atomic mass is 10.1. The average Bonchev–Trinajstić information content (AvgIpc) is 2.92. The zero-order valence-corrected chi connectivity index (χ0v) is 17.7. The first-order chi connectivity index (χ1) is 12.7. The zero-order chi connectivity index (χ0) is 20.6. The van der Waals surface area contributed by atoms with Crippen LogP contribution < -0.4 is 5.73 Å². The molecule has 2 aromatic rings. The molecule has 2 N–H and O–H groups in total. The van der Waals surface area contributed by atoms with E-state index in [1.807, 2.05) is 48.6 Å². The molecule has 152 valence electrons. The lowest BCUT2D eigenvalue weighted by Crippen LogP contribution is -2.39. The van der Waals surface area contributed by atoms with Crippen molar-refractivity contribution in [1.29, 1.82) is 0 Å². The third-order valence-corrected chi connectivity index (χ3v) is 3.83. The van der Waals surface area contributed by atoms with Crippen molar-refractivity contribution in [2.45, 2.75) is 66.4 Å². The molecular formula is C19H34N6O2. The molecule has 0 spiro atoms. The largest absolute Gasteiger partial charge is 0.444 e. The molecule has 1 aliphatic rings. The van der Waals surface area contributed by atoms with Crippen LogP contribution in [0.5, 0.6) is 0 Å². The van der Waals surface area contributed by atoms with Crippen LogP contribution in [-0.4, -0.2) is 49.4 Å². The smallest absolute Gasteiger partial charge is 0.410 e. The second-order valence-electron chi connectivity index (χ2n) is 7.19. The molecule has 1 amide bonds. The number of ether oxygens (including phenoxy) is 1. The van der Waals surface area contributed by atoms with Gasteiger partial charge in [-0.05, 0) is 47.0 Å². The number of nitrogen functional groups attached to an aromatic ring is 1. The summed E-state index contributed by atoms with van der Waals surface area (Å²) in [5.41, 5.74) is 6.94. The van der Waals surface area contributed by atoms with Crippen molar-refractivity contribution in [3.05, 3.63) is 12.0 Å². The molecule has 1 fully saturated rings. The highest BCUT2D eigenvalue weighted by atomic mass is 16.6. The van der Waals surface area contributed by atoms with Gasteiger partial charge in [0.2, 0.25) is 0 Å². The third-order valence-electron chi connectivity index (χ3n) is 3.83. The quantitative estimate of drug-likeness (QED) is 0.750. The summed E-state index contributed by atoms with van der Waals surface area (Å²) < 4.78 is 6.96. The summed E-state index contributed by atoms with van der Waals surface area (Å²) in [7, 11) is 1.84. The Labute approximate surface area is 162 Å². The Morgan fingerprint density at radius 1 is 1.15 bits per heavy atom. The van der Waals surface area contributed by atoms with E-state index in [0.717, 1.165) is 42.7 Å². The molecule has 3 heterocycles. The van der Waals surface area contributed by atoms with Crippen LogP contribution in [-0.2, 0) is 11.8 Å². The SMILES string of the molecule is CC.CC(C)(C)OC(=O)N1CCCCC1.Cc1nn(C)c2ncnc(N)c12. The van der Waals surface area contributed by atoms with E-state index < -0.39 is 0 Å². The van der Waals surface area contributed by atoms with Gasteiger partial charge in [-0.1, -0.05) is 13.8 Å². The van der Waals surface area contributed by atoms with Crippen molar-refractivity contribution < 1.29 is 9.53 Å². The molecule has 3 rings (SSSR count). The molecule has 8 nitrogen and oxygen atoms in total. The molecule has 0 aromatic carbocycles. The highest BCUT2D eigenvalue weighted by Gasteiger charge is 2.22. The number of fused-ring (bicyclic) bond motifs is 1. The van der Waals surface area contributed by atoms with Crippen molar-refractivity contribution in [2.75, 3.05) is 18.8 Å². The summed E-state index contributed by atoms with van der Waals surface area (Å²) in [4.78, 5) is 21.3. The molecule has 8 heteroatoms. The maximum atomic E-state index is 11.5. The molecule has 0 saturated carbocycles. The highest BCUT2D eigenvalue weighted by molar-refractivity contribution is 5.87. The fourth-order valence-corrected chi connectivity index (χ4v) is 2.71. The lowest BCUT2D eigenvalue weighted by molar-refractivity contribution is 0.0216. The number of carbonyl (C=O) groups excluding carboxylic acids is 1.